The second kappa shape index (κ2) is 5.01. The summed E-state index contributed by atoms with van der Waals surface area (Å²) >= 11 is 3.81. The quantitative estimate of drug-likeness (QED) is 0.611. The summed E-state index contributed by atoms with van der Waals surface area (Å²) in [6.45, 7) is 0.174. The molecule has 0 aliphatic rings. The molecule has 1 aromatic rings. The Hall–Kier alpha value is -1.24. The minimum absolute atomic E-state index is 0.174. The van der Waals surface area contributed by atoms with Gasteiger partial charge in [-0.15, -0.1) is 0 Å². The Labute approximate surface area is 89.1 Å². The molecule has 1 heterocycles. The van der Waals surface area contributed by atoms with Crippen LogP contribution in [0.1, 0.15) is 10.4 Å². The molecule has 0 saturated heterocycles. The van der Waals surface area contributed by atoms with Gasteiger partial charge in [0.25, 0.3) is 11.9 Å². The Morgan fingerprint density at radius 2 is 2.13 bits per heavy atom. The molecule has 82 valence electrons. The van der Waals surface area contributed by atoms with E-state index >= 15 is 0 Å². The summed E-state index contributed by atoms with van der Waals surface area (Å²) in [5, 5.41) is 2.23. The lowest BCUT2D eigenvalue weighted by molar-refractivity contribution is 0.0950. The molecule has 0 unspecified atom stereocenters. The zero-order valence-corrected chi connectivity index (χ0v) is 8.32. The van der Waals surface area contributed by atoms with Crippen LogP contribution in [-0.4, -0.2) is 23.2 Å². The van der Waals surface area contributed by atoms with Crippen LogP contribution in [0, 0.1) is 17.7 Å². The van der Waals surface area contributed by atoms with E-state index in [2.05, 4.69) is 22.9 Å². The Morgan fingerprint density at radius 3 is 2.73 bits per heavy atom. The van der Waals surface area contributed by atoms with Gasteiger partial charge in [-0.3, -0.25) is 4.79 Å². The van der Waals surface area contributed by atoms with Crippen LogP contribution in [0.4, 0.5) is 13.2 Å². The van der Waals surface area contributed by atoms with E-state index in [1.165, 1.54) is 0 Å². The highest BCUT2D eigenvalue weighted by atomic mass is 32.1. The summed E-state index contributed by atoms with van der Waals surface area (Å²) < 4.78 is 38.2. The Bertz CT molecular complexity index is 386. The second-order valence-corrected chi connectivity index (χ2v) is 3.02. The molecular weight excluding hydrogens is 229 g/mol. The molecule has 0 saturated carbocycles. The number of halogens is 3. The molecular formula is C8H7F3N2OS. The summed E-state index contributed by atoms with van der Waals surface area (Å²) in [4.78, 5) is 13.8. The molecule has 0 bridgehead atoms. The van der Waals surface area contributed by atoms with Gasteiger partial charge in [-0.25, -0.2) is 4.39 Å². The summed E-state index contributed by atoms with van der Waals surface area (Å²) in [5.41, 5.74) is -0.707. The van der Waals surface area contributed by atoms with Crippen LogP contribution < -0.4 is 5.32 Å². The van der Waals surface area contributed by atoms with E-state index in [1.807, 2.05) is 0 Å². The van der Waals surface area contributed by atoms with Crippen molar-refractivity contribution in [2.24, 2.45) is 0 Å². The molecule has 7 heteroatoms. The first kappa shape index (κ1) is 11.8. The van der Waals surface area contributed by atoms with Gasteiger partial charge in [-0.2, -0.15) is 26.4 Å². The molecule has 1 rings (SSSR count). The molecule has 0 spiro atoms. The van der Waals surface area contributed by atoms with Crippen molar-refractivity contribution in [2.75, 3.05) is 12.3 Å². The van der Waals surface area contributed by atoms with Crippen molar-refractivity contribution in [3.63, 3.8) is 0 Å². The molecule has 0 atom stereocenters. The standard InChI is InChI=1S/C8H7F3N2OS/c9-5-3-4(6(10)7(11)13-5)8(14)12-1-2-15/h3,15H,1-2H2,(H,12,14). The first-order valence-electron chi connectivity index (χ1n) is 3.97. The first-order valence-corrected chi connectivity index (χ1v) is 4.60. The number of aromatic nitrogens is 1. The summed E-state index contributed by atoms with van der Waals surface area (Å²) in [5.74, 6) is -4.91. The van der Waals surface area contributed by atoms with E-state index in [1.54, 1.807) is 0 Å². The topological polar surface area (TPSA) is 42.0 Å². The number of carbonyl (C=O) groups excluding carboxylic acids is 1. The van der Waals surface area contributed by atoms with Gasteiger partial charge in [-0.05, 0) is 0 Å². The van der Waals surface area contributed by atoms with Crippen LogP contribution >= 0.6 is 12.6 Å². The predicted molar refractivity (Wildman–Crippen MR) is 50.3 cm³/mol. The van der Waals surface area contributed by atoms with Gasteiger partial charge in [0.2, 0.25) is 5.95 Å². The summed E-state index contributed by atoms with van der Waals surface area (Å²) in [6.07, 6.45) is 0. The van der Waals surface area contributed by atoms with Crippen molar-refractivity contribution in [2.45, 2.75) is 0 Å². The number of thiol groups is 1. The fourth-order valence-corrected chi connectivity index (χ4v) is 1.01. The zero-order valence-electron chi connectivity index (χ0n) is 7.43. The highest BCUT2D eigenvalue weighted by Gasteiger charge is 2.18. The van der Waals surface area contributed by atoms with Crippen LogP contribution in [0.2, 0.25) is 0 Å². The van der Waals surface area contributed by atoms with Crippen molar-refractivity contribution in [1.29, 1.82) is 0 Å². The van der Waals surface area contributed by atoms with Crippen LogP contribution in [-0.2, 0) is 0 Å². The van der Waals surface area contributed by atoms with Crippen molar-refractivity contribution in [3.05, 3.63) is 29.3 Å². The minimum atomic E-state index is -1.63. The average Bonchev–Trinajstić information content (AvgIpc) is 2.19. The number of pyridine rings is 1. The van der Waals surface area contributed by atoms with Crippen LogP contribution in [0.25, 0.3) is 0 Å². The molecule has 1 N–H and O–H groups in total. The molecule has 1 amide bonds. The molecule has 0 aliphatic heterocycles. The van der Waals surface area contributed by atoms with Crippen molar-refractivity contribution in [1.82, 2.24) is 10.3 Å². The number of hydrogen-bond acceptors (Lipinski definition) is 3. The highest BCUT2D eigenvalue weighted by molar-refractivity contribution is 7.80. The predicted octanol–water partition coefficient (Wildman–Crippen LogP) is 1.16. The largest absolute Gasteiger partial charge is 0.351 e. The van der Waals surface area contributed by atoms with Crippen LogP contribution in [0.3, 0.4) is 0 Å². The Morgan fingerprint density at radius 1 is 1.47 bits per heavy atom. The average molecular weight is 236 g/mol. The number of carbonyl (C=O) groups is 1. The Kier molecular flexibility index (Phi) is 3.96. The van der Waals surface area contributed by atoms with Gasteiger partial charge >= 0.3 is 0 Å². The Balaban J connectivity index is 2.98. The van der Waals surface area contributed by atoms with Crippen LogP contribution in [0.15, 0.2) is 6.07 Å². The van der Waals surface area contributed by atoms with E-state index in [0.717, 1.165) is 0 Å². The number of amides is 1. The third-order valence-electron chi connectivity index (χ3n) is 1.53. The monoisotopic (exact) mass is 236 g/mol. The number of hydrogen-bond donors (Lipinski definition) is 2. The SMILES string of the molecule is O=C(NCCS)c1cc(F)nc(F)c1F. The number of nitrogens with one attached hydrogen (secondary N) is 1. The third-order valence-corrected chi connectivity index (χ3v) is 1.75. The summed E-state index contributed by atoms with van der Waals surface area (Å²) in [6, 6.07) is 0.534. The van der Waals surface area contributed by atoms with Gasteiger partial charge in [0.15, 0.2) is 5.82 Å². The normalized spacial score (nSPS) is 10.1. The molecule has 0 radical (unpaired) electrons. The lowest BCUT2D eigenvalue weighted by Gasteiger charge is -2.04. The van der Waals surface area contributed by atoms with Gasteiger partial charge in [0.1, 0.15) is 0 Å². The highest BCUT2D eigenvalue weighted by Crippen LogP contribution is 2.10. The lowest BCUT2D eigenvalue weighted by Crippen LogP contribution is -2.27. The maximum absolute atomic E-state index is 13.0. The van der Waals surface area contributed by atoms with Gasteiger partial charge in [-0.1, -0.05) is 0 Å². The number of rotatable bonds is 3. The van der Waals surface area contributed by atoms with E-state index in [-0.39, 0.29) is 6.54 Å². The van der Waals surface area contributed by atoms with E-state index in [9.17, 15) is 18.0 Å². The van der Waals surface area contributed by atoms with E-state index in [4.69, 9.17) is 0 Å². The maximum Gasteiger partial charge on any atom is 0.254 e. The van der Waals surface area contributed by atoms with E-state index in [0.29, 0.717) is 11.8 Å². The molecule has 0 aromatic carbocycles. The number of nitrogens with zero attached hydrogens (tertiary/aromatic N) is 1. The van der Waals surface area contributed by atoms with Crippen molar-refractivity contribution >= 4 is 18.5 Å². The smallest absolute Gasteiger partial charge is 0.254 e. The van der Waals surface area contributed by atoms with Gasteiger partial charge in [0.05, 0.1) is 5.56 Å². The fourth-order valence-electron chi connectivity index (χ4n) is 0.899. The molecule has 0 fully saturated rings. The zero-order chi connectivity index (χ0) is 11.4. The fraction of sp³-hybridized carbons (Fsp3) is 0.250. The lowest BCUT2D eigenvalue weighted by atomic mass is 10.2. The first-order chi connectivity index (χ1) is 7.06. The van der Waals surface area contributed by atoms with Gasteiger partial charge in [0, 0.05) is 18.4 Å². The molecule has 3 nitrogen and oxygen atoms in total. The minimum Gasteiger partial charge on any atom is -0.351 e. The molecule has 15 heavy (non-hydrogen) atoms. The van der Waals surface area contributed by atoms with Crippen LogP contribution in [0.5, 0.6) is 0 Å². The van der Waals surface area contributed by atoms with Gasteiger partial charge < -0.3 is 5.32 Å². The molecule has 1 aromatic heterocycles. The summed E-state index contributed by atoms with van der Waals surface area (Å²) in [7, 11) is 0. The van der Waals surface area contributed by atoms with Crippen molar-refractivity contribution < 1.29 is 18.0 Å². The maximum atomic E-state index is 13.0. The third kappa shape index (κ3) is 2.85. The van der Waals surface area contributed by atoms with Crippen molar-refractivity contribution in [3.8, 4) is 0 Å². The molecule has 0 aliphatic carbocycles. The van der Waals surface area contributed by atoms with E-state index < -0.39 is 29.2 Å². The second-order valence-electron chi connectivity index (χ2n) is 2.58.